The highest BCUT2D eigenvalue weighted by Crippen LogP contribution is 2.47. The molecule has 2 aliphatic rings. The first-order chi connectivity index (χ1) is 16.2. The van der Waals surface area contributed by atoms with Gasteiger partial charge in [0.25, 0.3) is 0 Å². The molecule has 33 heavy (non-hydrogen) atoms. The zero-order chi connectivity index (χ0) is 22.6. The number of benzene rings is 2. The van der Waals surface area contributed by atoms with Crippen LogP contribution in [0.1, 0.15) is 59.9 Å². The maximum absolute atomic E-state index is 12.4. The second-order valence-electron chi connectivity index (χ2n) is 9.37. The van der Waals surface area contributed by atoms with Gasteiger partial charge in [-0.2, -0.15) is 5.10 Å². The van der Waals surface area contributed by atoms with Crippen LogP contribution in [0.3, 0.4) is 0 Å². The third-order valence-electron chi connectivity index (χ3n) is 6.98. The molecule has 0 bridgehead atoms. The Hall–Kier alpha value is -3.12. The standard InChI is InChI=1S/C27H32N4O2/c1-33-24-9-7-19(8-10-24)14-27(32)28-26-17-25(29-30-26)23-15-22(16-23)21-6-4-5-20(13-21)18-31-11-2-3-12-31/h4-10,13,17,22-23H,2-3,11-12,14-16,18H2,1H3,(H2,28,29,30,32)/t22-,23+. The monoisotopic (exact) mass is 444 g/mol. The molecular weight excluding hydrogens is 412 g/mol. The number of hydrogen-bond donors (Lipinski definition) is 2. The Labute approximate surface area is 195 Å². The van der Waals surface area contributed by atoms with Gasteiger partial charge in [-0.15, -0.1) is 0 Å². The number of nitrogens with one attached hydrogen (secondary N) is 2. The van der Waals surface area contributed by atoms with E-state index in [0.717, 1.165) is 36.4 Å². The first kappa shape index (κ1) is 21.7. The Morgan fingerprint density at radius 3 is 2.61 bits per heavy atom. The number of amides is 1. The van der Waals surface area contributed by atoms with Gasteiger partial charge >= 0.3 is 0 Å². The van der Waals surface area contributed by atoms with Gasteiger partial charge in [0.15, 0.2) is 0 Å². The Bertz CT molecular complexity index is 1080. The summed E-state index contributed by atoms with van der Waals surface area (Å²) in [5.74, 6) is 2.44. The van der Waals surface area contributed by atoms with Crippen molar-refractivity contribution in [3.63, 3.8) is 0 Å². The van der Waals surface area contributed by atoms with Crippen LogP contribution in [0.15, 0.2) is 54.6 Å². The molecule has 1 aliphatic heterocycles. The van der Waals surface area contributed by atoms with Crippen LogP contribution >= 0.6 is 0 Å². The number of hydrogen-bond acceptors (Lipinski definition) is 4. The molecule has 0 radical (unpaired) electrons. The fraction of sp³-hybridized carbons (Fsp3) is 0.407. The average Bonchev–Trinajstić information content (AvgIpc) is 3.46. The van der Waals surface area contributed by atoms with E-state index >= 15 is 0 Å². The van der Waals surface area contributed by atoms with Crippen molar-refractivity contribution in [3.8, 4) is 5.75 Å². The average molecular weight is 445 g/mol. The summed E-state index contributed by atoms with van der Waals surface area (Å²) in [6.07, 6.45) is 5.20. The lowest BCUT2D eigenvalue weighted by Crippen LogP contribution is -2.21. The van der Waals surface area contributed by atoms with Crippen LogP contribution in [-0.4, -0.2) is 41.2 Å². The van der Waals surface area contributed by atoms with Gasteiger partial charge in [0, 0.05) is 18.5 Å². The van der Waals surface area contributed by atoms with E-state index in [0.29, 0.717) is 24.1 Å². The molecule has 1 saturated carbocycles. The second-order valence-corrected chi connectivity index (χ2v) is 9.37. The number of H-pyrrole nitrogens is 1. The number of methoxy groups -OCH3 is 1. The summed E-state index contributed by atoms with van der Waals surface area (Å²) in [5, 5.41) is 10.4. The zero-order valence-electron chi connectivity index (χ0n) is 19.2. The molecule has 1 amide bonds. The van der Waals surface area contributed by atoms with Crippen LogP contribution in [-0.2, 0) is 17.8 Å². The Kier molecular flexibility index (Phi) is 6.44. The van der Waals surface area contributed by atoms with E-state index in [4.69, 9.17) is 4.74 Å². The van der Waals surface area contributed by atoms with Crippen molar-refractivity contribution in [3.05, 3.63) is 77.0 Å². The van der Waals surface area contributed by atoms with Crippen LogP contribution < -0.4 is 10.1 Å². The summed E-state index contributed by atoms with van der Waals surface area (Å²) in [6.45, 7) is 3.53. The summed E-state index contributed by atoms with van der Waals surface area (Å²) < 4.78 is 5.16. The fourth-order valence-electron chi connectivity index (χ4n) is 5.01. The van der Waals surface area contributed by atoms with Crippen molar-refractivity contribution >= 4 is 11.7 Å². The minimum Gasteiger partial charge on any atom is -0.497 e. The second kappa shape index (κ2) is 9.79. The molecule has 2 heterocycles. The van der Waals surface area contributed by atoms with Crippen LogP contribution in [0.5, 0.6) is 5.75 Å². The number of carbonyl (C=O) groups excluding carboxylic acids is 1. The van der Waals surface area contributed by atoms with Crippen molar-refractivity contribution in [1.29, 1.82) is 0 Å². The smallest absolute Gasteiger partial charge is 0.229 e. The van der Waals surface area contributed by atoms with E-state index in [1.165, 1.54) is 37.1 Å². The van der Waals surface area contributed by atoms with Gasteiger partial charge in [0.1, 0.15) is 11.6 Å². The van der Waals surface area contributed by atoms with E-state index in [2.05, 4.69) is 44.7 Å². The van der Waals surface area contributed by atoms with Gasteiger partial charge in [0.05, 0.1) is 19.2 Å². The summed E-state index contributed by atoms with van der Waals surface area (Å²) >= 11 is 0. The third kappa shape index (κ3) is 5.28. The van der Waals surface area contributed by atoms with Crippen molar-refractivity contribution in [1.82, 2.24) is 15.1 Å². The number of aromatic nitrogens is 2. The third-order valence-corrected chi connectivity index (χ3v) is 6.98. The topological polar surface area (TPSA) is 70.2 Å². The largest absolute Gasteiger partial charge is 0.497 e. The Morgan fingerprint density at radius 1 is 1.06 bits per heavy atom. The minimum atomic E-state index is -0.0586. The highest BCUT2D eigenvalue weighted by Gasteiger charge is 2.33. The number of carbonyl (C=O) groups is 1. The van der Waals surface area contributed by atoms with E-state index < -0.39 is 0 Å². The molecule has 2 fully saturated rings. The summed E-state index contributed by atoms with van der Waals surface area (Å²) in [6, 6.07) is 18.7. The van der Waals surface area contributed by atoms with Gasteiger partial charge in [-0.3, -0.25) is 14.8 Å². The Morgan fingerprint density at radius 2 is 1.85 bits per heavy atom. The molecule has 1 aromatic heterocycles. The van der Waals surface area contributed by atoms with Crippen LogP contribution in [0.4, 0.5) is 5.82 Å². The first-order valence-electron chi connectivity index (χ1n) is 12.0. The molecule has 1 saturated heterocycles. The van der Waals surface area contributed by atoms with Crippen LogP contribution in [0.25, 0.3) is 0 Å². The summed E-state index contributed by atoms with van der Waals surface area (Å²) in [7, 11) is 1.63. The maximum atomic E-state index is 12.4. The zero-order valence-corrected chi connectivity index (χ0v) is 19.2. The predicted molar refractivity (Wildman–Crippen MR) is 130 cm³/mol. The Balaban J connectivity index is 1.12. The highest BCUT2D eigenvalue weighted by molar-refractivity contribution is 5.91. The molecule has 1 aliphatic carbocycles. The predicted octanol–water partition coefficient (Wildman–Crippen LogP) is 4.86. The van der Waals surface area contributed by atoms with Crippen molar-refractivity contribution in [2.75, 3.05) is 25.5 Å². The molecule has 6 heteroatoms. The fourth-order valence-corrected chi connectivity index (χ4v) is 5.01. The maximum Gasteiger partial charge on any atom is 0.229 e. The molecule has 0 spiro atoms. The molecule has 0 atom stereocenters. The lowest BCUT2D eigenvalue weighted by molar-refractivity contribution is -0.115. The molecule has 0 unspecified atom stereocenters. The summed E-state index contributed by atoms with van der Waals surface area (Å²) in [5.41, 5.74) is 4.87. The molecule has 172 valence electrons. The molecule has 3 aromatic rings. The van der Waals surface area contributed by atoms with Gasteiger partial charge in [0.2, 0.25) is 5.91 Å². The first-order valence-corrected chi connectivity index (χ1v) is 12.0. The molecule has 5 rings (SSSR count). The number of ether oxygens (including phenoxy) is 1. The van der Waals surface area contributed by atoms with Gasteiger partial charge in [-0.05, 0) is 73.5 Å². The SMILES string of the molecule is COc1ccc(CC(=O)Nc2cc([C@H]3C[C@@H](c4cccc(CN5CCCC5)c4)C3)n[nH]2)cc1. The van der Waals surface area contributed by atoms with E-state index in [1.54, 1.807) is 7.11 Å². The number of aromatic amines is 1. The van der Waals surface area contributed by atoms with Gasteiger partial charge in [-0.1, -0.05) is 36.4 Å². The molecular formula is C27H32N4O2. The number of nitrogens with zero attached hydrogens (tertiary/aromatic N) is 2. The lowest BCUT2D eigenvalue weighted by atomic mass is 9.70. The van der Waals surface area contributed by atoms with Crippen LogP contribution in [0, 0.1) is 0 Å². The highest BCUT2D eigenvalue weighted by atomic mass is 16.5. The van der Waals surface area contributed by atoms with Crippen molar-refractivity contribution in [2.24, 2.45) is 0 Å². The van der Waals surface area contributed by atoms with E-state index in [9.17, 15) is 4.79 Å². The number of anilines is 1. The van der Waals surface area contributed by atoms with Crippen LogP contribution in [0.2, 0.25) is 0 Å². The molecule has 6 nitrogen and oxygen atoms in total. The van der Waals surface area contributed by atoms with Gasteiger partial charge < -0.3 is 10.1 Å². The van der Waals surface area contributed by atoms with E-state index in [1.807, 2.05) is 30.3 Å². The van der Waals surface area contributed by atoms with Crippen molar-refractivity contribution in [2.45, 2.75) is 50.5 Å². The van der Waals surface area contributed by atoms with Gasteiger partial charge in [-0.25, -0.2) is 0 Å². The molecule has 2 N–H and O–H groups in total. The normalized spacial score (nSPS) is 20.4. The number of rotatable bonds is 8. The summed E-state index contributed by atoms with van der Waals surface area (Å²) in [4.78, 5) is 15.0. The molecule has 2 aromatic carbocycles. The lowest BCUT2D eigenvalue weighted by Gasteiger charge is -2.35. The minimum absolute atomic E-state index is 0.0586. The number of likely N-dealkylation sites (tertiary alicyclic amines) is 1. The van der Waals surface area contributed by atoms with Crippen molar-refractivity contribution < 1.29 is 9.53 Å². The van der Waals surface area contributed by atoms with E-state index in [-0.39, 0.29) is 5.91 Å². The quantitative estimate of drug-likeness (QED) is 0.521.